The number of fused-ring (bicyclic) bond motifs is 1. The number of hydrogen-bond donors (Lipinski definition) is 2. The van der Waals surface area contributed by atoms with E-state index in [1.165, 1.54) is 0 Å². The zero-order valence-corrected chi connectivity index (χ0v) is 14.7. The first kappa shape index (κ1) is 17.9. The lowest BCUT2D eigenvalue weighted by atomic mass is 10.0. The van der Waals surface area contributed by atoms with Crippen molar-refractivity contribution in [1.29, 1.82) is 0 Å². The number of carbonyl (C=O) groups excluding carboxylic acids is 1. The van der Waals surface area contributed by atoms with Crippen LogP contribution in [0.15, 0.2) is 12.3 Å². The highest BCUT2D eigenvalue weighted by Gasteiger charge is 2.23. The van der Waals surface area contributed by atoms with Gasteiger partial charge < -0.3 is 10.4 Å². The van der Waals surface area contributed by atoms with Crippen molar-refractivity contribution in [1.82, 2.24) is 20.1 Å². The number of pyridine rings is 1. The van der Waals surface area contributed by atoms with Crippen LogP contribution in [0.1, 0.15) is 56.2 Å². The van der Waals surface area contributed by atoms with Crippen molar-refractivity contribution in [3.63, 3.8) is 0 Å². The third-order valence-electron chi connectivity index (χ3n) is 3.80. The molecule has 0 saturated heterocycles. The minimum Gasteiger partial charge on any atom is -0.480 e. The SMILES string of the molecule is Cc1nc2c(cnn2C(C)C)cc1C(=O)N[C@H](CC(C)C)C(=O)O. The minimum absolute atomic E-state index is 0.163. The van der Waals surface area contributed by atoms with Crippen molar-refractivity contribution in [2.24, 2.45) is 5.92 Å². The predicted molar refractivity (Wildman–Crippen MR) is 91.0 cm³/mol. The average Bonchev–Trinajstić information content (AvgIpc) is 2.87. The number of nitrogens with zero attached hydrogens (tertiary/aromatic N) is 3. The fourth-order valence-electron chi connectivity index (χ4n) is 2.60. The Labute approximate surface area is 141 Å². The topological polar surface area (TPSA) is 97.1 Å². The van der Waals surface area contributed by atoms with E-state index in [4.69, 9.17) is 0 Å². The summed E-state index contributed by atoms with van der Waals surface area (Å²) in [5, 5.41) is 16.9. The molecule has 0 bridgehead atoms. The Hall–Kier alpha value is -2.44. The monoisotopic (exact) mass is 332 g/mol. The predicted octanol–water partition coefficient (Wildman–Crippen LogP) is 2.55. The Balaban J connectivity index is 2.32. The van der Waals surface area contributed by atoms with Crippen LogP contribution in [-0.4, -0.2) is 37.8 Å². The van der Waals surface area contributed by atoms with Gasteiger partial charge in [0.1, 0.15) is 6.04 Å². The number of carboxylic acids is 1. The van der Waals surface area contributed by atoms with E-state index in [0.29, 0.717) is 17.7 Å². The van der Waals surface area contributed by atoms with Gasteiger partial charge in [0.25, 0.3) is 5.91 Å². The third kappa shape index (κ3) is 3.72. The van der Waals surface area contributed by atoms with Crippen molar-refractivity contribution in [2.75, 3.05) is 0 Å². The lowest BCUT2D eigenvalue weighted by molar-refractivity contribution is -0.139. The number of aliphatic carboxylic acids is 1. The zero-order valence-electron chi connectivity index (χ0n) is 14.7. The summed E-state index contributed by atoms with van der Waals surface area (Å²) < 4.78 is 1.79. The number of rotatable bonds is 6. The number of hydrogen-bond acceptors (Lipinski definition) is 4. The standard InChI is InChI=1S/C17H24N4O3/c1-9(2)6-14(17(23)24)20-16(22)13-7-12-8-18-21(10(3)4)15(12)19-11(13)5/h7-10,14H,6H2,1-5H3,(H,20,22)(H,23,24)/t14-/m1/s1. The smallest absolute Gasteiger partial charge is 0.326 e. The molecule has 0 unspecified atom stereocenters. The highest BCUT2D eigenvalue weighted by atomic mass is 16.4. The molecule has 2 heterocycles. The Morgan fingerprint density at radius 3 is 2.50 bits per heavy atom. The molecule has 0 saturated carbocycles. The number of nitrogens with one attached hydrogen (secondary N) is 1. The zero-order chi connectivity index (χ0) is 18.0. The molecule has 7 heteroatoms. The summed E-state index contributed by atoms with van der Waals surface area (Å²) in [5.74, 6) is -1.29. The van der Waals surface area contributed by atoms with E-state index in [1.54, 1.807) is 23.9 Å². The van der Waals surface area contributed by atoms with E-state index in [2.05, 4.69) is 15.4 Å². The van der Waals surface area contributed by atoms with Gasteiger partial charge in [0.05, 0.1) is 17.5 Å². The first-order chi connectivity index (χ1) is 11.2. The molecular formula is C17H24N4O3. The molecule has 1 atom stereocenters. The molecule has 0 spiro atoms. The van der Waals surface area contributed by atoms with Gasteiger partial charge in [-0.3, -0.25) is 4.79 Å². The van der Waals surface area contributed by atoms with Crippen LogP contribution < -0.4 is 5.32 Å². The van der Waals surface area contributed by atoms with Gasteiger partial charge in [-0.25, -0.2) is 14.5 Å². The van der Waals surface area contributed by atoms with Crippen LogP contribution >= 0.6 is 0 Å². The minimum atomic E-state index is -1.03. The fourth-order valence-corrected chi connectivity index (χ4v) is 2.60. The molecule has 7 nitrogen and oxygen atoms in total. The maximum absolute atomic E-state index is 12.5. The van der Waals surface area contributed by atoms with Gasteiger partial charge in [0.2, 0.25) is 0 Å². The largest absolute Gasteiger partial charge is 0.480 e. The average molecular weight is 332 g/mol. The third-order valence-corrected chi connectivity index (χ3v) is 3.80. The summed E-state index contributed by atoms with van der Waals surface area (Å²) in [6.07, 6.45) is 2.04. The summed E-state index contributed by atoms with van der Waals surface area (Å²) in [6.45, 7) is 9.59. The highest BCUT2D eigenvalue weighted by Crippen LogP contribution is 2.19. The van der Waals surface area contributed by atoms with Crippen molar-refractivity contribution >= 4 is 22.9 Å². The van der Waals surface area contributed by atoms with E-state index in [9.17, 15) is 14.7 Å². The molecule has 0 aromatic carbocycles. The molecule has 130 valence electrons. The normalized spacial score (nSPS) is 12.8. The van der Waals surface area contributed by atoms with Gasteiger partial charge in [-0.1, -0.05) is 13.8 Å². The van der Waals surface area contributed by atoms with Gasteiger partial charge in [-0.05, 0) is 39.2 Å². The first-order valence-electron chi connectivity index (χ1n) is 8.09. The molecule has 0 radical (unpaired) electrons. The lowest BCUT2D eigenvalue weighted by Crippen LogP contribution is -2.41. The van der Waals surface area contributed by atoms with Gasteiger partial charge in [0, 0.05) is 11.4 Å². The molecule has 2 aromatic heterocycles. The lowest BCUT2D eigenvalue weighted by Gasteiger charge is -2.17. The molecule has 1 amide bonds. The fraction of sp³-hybridized carbons (Fsp3) is 0.529. The van der Waals surface area contributed by atoms with Crippen LogP contribution in [0.4, 0.5) is 0 Å². The summed E-state index contributed by atoms with van der Waals surface area (Å²) in [6, 6.07) is 0.968. The summed E-state index contributed by atoms with van der Waals surface area (Å²) >= 11 is 0. The first-order valence-corrected chi connectivity index (χ1v) is 8.09. The summed E-state index contributed by atoms with van der Waals surface area (Å²) in [4.78, 5) is 28.3. The van der Waals surface area contributed by atoms with Crippen molar-refractivity contribution in [3.05, 3.63) is 23.5 Å². The second-order valence-electron chi connectivity index (χ2n) is 6.71. The second kappa shape index (κ2) is 6.98. The molecule has 24 heavy (non-hydrogen) atoms. The van der Waals surface area contributed by atoms with Crippen LogP contribution in [0.2, 0.25) is 0 Å². The van der Waals surface area contributed by atoms with Gasteiger partial charge >= 0.3 is 5.97 Å². The van der Waals surface area contributed by atoms with Gasteiger partial charge in [0.15, 0.2) is 5.65 Å². The van der Waals surface area contributed by atoms with E-state index in [0.717, 1.165) is 11.0 Å². The number of carboxylic acid groups (broad SMARTS) is 1. The van der Waals surface area contributed by atoms with Crippen LogP contribution in [0.5, 0.6) is 0 Å². The van der Waals surface area contributed by atoms with E-state index >= 15 is 0 Å². The second-order valence-corrected chi connectivity index (χ2v) is 6.71. The van der Waals surface area contributed by atoms with Gasteiger partial charge in [-0.2, -0.15) is 5.10 Å². The van der Waals surface area contributed by atoms with Crippen molar-refractivity contribution in [2.45, 2.75) is 53.1 Å². The van der Waals surface area contributed by atoms with E-state index < -0.39 is 17.9 Å². The quantitative estimate of drug-likeness (QED) is 0.847. The maximum Gasteiger partial charge on any atom is 0.326 e. The van der Waals surface area contributed by atoms with Crippen LogP contribution in [0.3, 0.4) is 0 Å². The van der Waals surface area contributed by atoms with Crippen LogP contribution in [0, 0.1) is 12.8 Å². The molecule has 0 aliphatic rings. The molecule has 2 N–H and O–H groups in total. The highest BCUT2D eigenvalue weighted by molar-refractivity contribution is 5.99. The molecule has 2 aromatic rings. The Morgan fingerprint density at radius 1 is 1.29 bits per heavy atom. The van der Waals surface area contributed by atoms with Crippen LogP contribution in [-0.2, 0) is 4.79 Å². The van der Waals surface area contributed by atoms with Crippen molar-refractivity contribution in [3.8, 4) is 0 Å². The molecule has 0 aliphatic carbocycles. The van der Waals surface area contributed by atoms with Crippen molar-refractivity contribution < 1.29 is 14.7 Å². The van der Waals surface area contributed by atoms with E-state index in [1.807, 2.05) is 27.7 Å². The molecular weight excluding hydrogens is 308 g/mol. The van der Waals surface area contributed by atoms with E-state index in [-0.39, 0.29) is 12.0 Å². The Kier molecular flexibility index (Phi) is 5.21. The molecule has 0 aliphatic heterocycles. The summed E-state index contributed by atoms with van der Waals surface area (Å²) in [5.41, 5.74) is 1.65. The number of amides is 1. The Bertz CT molecular complexity index is 765. The molecule has 2 rings (SSSR count). The number of aromatic nitrogens is 3. The summed E-state index contributed by atoms with van der Waals surface area (Å²) in [7, 11) is 0. The molecule has 0 fully saturated rings. The number of carbonyl (C=O) groups is 2. The Morgan fingerprint density at radius 2 is 1.96 bits per heavy atom. The van der Waals surface area contributed by atoms with Crippen LogP contribution in [0.25, 0.3) is 11.0 Å². The van der Waals surface area contributed by atoms with Gasteiger partial charge in [-0.15, -0.1) is 0 Å². The number of aryl methyl sites for hydroxylation is 1. The maximum atomic E-state index is 12.5.